The zero-order chi connectivity index (χ0) is 14.3. The van der Waals surface area contributed by atoms with Crippen molar-refractivity contribution in [1.82, 2.24) is 5.32 Å². The lowest BCUT2D eigenvalue weighted by Gasteiger charge is -2.08. The maximum Gasteiger partial charge on any atom is 0.221 e. The molecule has 0 bridgehead atoms. The van der Waals surface area contributed by atoms with Crippen LogP contribution >= 0.6 is 0 Å². The number of rotatable bonds is 6. The number of halogens is 2. The number of benzene rings is 1. The summed E-state index contributed by atoms with van der Waals surface area (Å²) in [5.41, 5.74) is -0.400. The molecule has 0 atom stereocenters. The fourth-order valence-corrected chi connectivity index (χ4v) is 1.44. The van der Waals surface area contributed by atoms with E-state index in [0.717, 1.165) is 6.42 Å². The lowest BCUT2D eigenvalue weighted by atomic mass is 10.2. The van der Waals surface area contributed by atoms with Gasteiger partial charge in [-0.3, -0.25) is 4.79 Å². The largest absolute Gasteiger partial charge is 0.382 e. The van der Waals surface area contributed by atoms with Crippen molar-refractivity contribution in [2.45, 2.75) is 19.8 Å². The molecule has 2 N–H and O–H groups in total. The molecule has 0 aliphatic rings. The van der Waals surface area contributed by atoms with Crippen LogP contribution in [0, 0.1) is 23.0 Å². The Hall–Kier alpha value is -2.16. The van der Waals surface area contributed by atoms with Crippen molar-refractivity contribution in [1.29, 1.82) is 5.26 Å². The molecule has 0 spiro atoms. The van der Waals surface area contributed by atoms with Gasteiger partial charge in [0, 0.05) is 19.5 Å². The van der Waals surface area contributed by atoms with Crippen LogP contribution in [0.25, 0.3) is 0 Å². The SMILES string of the molecule is CCCNC(=O)CCNc1ccc(C#N)c(F)c1F. The molecular formula is C13H15F2N3O. The van der Waals surface area contributed by atoms with Crippen LogP contribution in [0.3, 0.4) is 0 Å². The molecule has 0 radical (unpaired) electrons. The van der Waals surface area contributed by atoms with Gasteiger partial charge in [-0.05, 0) is 18.6 Å². The highest BCUT2D eigenvalue weighted by atomic mass is 19.2. The van der Waals surface area contributed by atoms with Crippen molar-refractivity contribution in [3.05, 3.63) is 29.3 Å². The quantitative estimate of drug-likeness (QED) is 0.830. The van der Waals surface area contributed by atoms with Crippen LogP contribution in [0.2, 0.25) is 0 Å². The van der Waals surface area contributed by atoms with Gasteiger partial charge in [0.05, 0.1) is 11.3 Å². The Morgan fingerprint density at radius 1 is 1.32 bits per heavy atom. The third kappa shape index (κ3) is 4.21. The highest BCUT2D eigenvalue weighted by Crippen LogP contribution is 2.19. The van der Waals surface area contributed by atoms with Crippen LogP contribution in [0.5, 0.6) is 0 Å². The van der Waals surface area contributed by atoms with E-state index in [4.69, 9.17) is 5.26 Å². The van der Waals surface area contributed by atoms with E-state index >= 15 is 0 Å². The van der Waals surface area contributed by atoms with Crippen LogP contribution in [0.15, 0.2) is 12.1 Å². The van der Waals surface area contributed by atoms with Crippen molar-refractivity contribution in [2.75, 3.05) is 18.4 Å². The number of carbonyl (C=O) groups excluding carboxylic acids is 1. The van der Waals surface area contributed by atoms with Gasteiger partial charge in [0.25, 0.3) is 0 Å². The molecule has 0 heterocycles. The fourth-order valence-electron chi connectivity index (χ4n) is 1.44. The Labute approximate surface area is 110 Å². The van der Waals surface area contributed by atoms with E-state index in [1.54, 1.807) is 6.07 Å². The third-order valence-corrected chi connectivity index (χ3v) is 2.44. The first-order chi connectivity index (χ1) is 9.10. The molecule has 0 aliphatic heterocycles. The van der Waals surface area contributed by atoms with Crippen molar-refractivity contribution in [2.24, 2.45) is 0 Å². The van der Waals surface area contributed by atoms with Crippen LogP contribution < -0.4 is 10.6 Å². The van der Waals surface area contributed by atoms with Crippen molar-refractivity contribution < 1.29 is 13.6 Å². The van der Waals surface area contributed by atoms with Gasteiger partial charge in [-0.2, -0.15) is 5.26 Å². The summed E-state index contributed by atoms with van der Waals surface area (Å²) in [5.74, 6) is -2.43. The fraction of sp³-hybridized carbons (Fsp3) is 0.385. The molecule has 0 aromatic heterocycles. The lowest BCUT2D eigenvalue weighted by Crippen LogP contribution is -2.26. The number of carbonyl (C=O) groups is 1. The molecule has 1 rings (SSSR count). The van der Waals surface area contributed by atoms with E-state index in [-0.39, 0.29) is 30.1 Å². The molecule has 102 valence electrons. The summed E-state index contributed by atoms with van der Waals surface area (Å²) in [5, 5.41) is 13.8. The maximum atomic E-state index is 13.5. The summed E-state index contributed by atoms with van der Waals surface area (Å²) < 4.78 is 26.8. The van der Waals surface area contributed by atoms with E-state index in [1.807, 2.05) is 6.92 Å². The molecule has 19 heavy (non-hydrogen) atoms. The second-order valence-corrected chi connectivity index (χ2v) is 3.93. The van der Waals surface area contributed by atoms with Crippen molar-refractivity contribution >= 4 is 11.6 Å². The lowest BCUT2D eigenvalue weighted by molar-refractivity contribution is -0.120. The summed E-state index contributed by atoms with van der Waals surface area (Å²) in [6, 6.07) is 4.02. The van der Waals surface area contributed by atoms with Crippen molar-refractivity contribution in [3.63, 3.8) is 0 Å². The van der Waals surface area contributed by atoms with Gasteiger partial charge < -0.3 is 10.6 Å². The number of amides is 1. The van der Waals surface area contributed by atoms with Gasteiger partial charge in [0.2, 0.25) is 5.91 Å². The molecule has 6 heteroatoms. The van der Waals surface area contributed by atoms with Gasteiger partial charge >= 0.3 is 0 Å². The Balaban J connectivity index is 2.53. The molecule has 0 unspecified atom stereocenters. The zero-order valence-corrected chi connectivity index (χ0v) is 10.6. The second kappa shape index (κ2) is 7.31. The first-order valence-electron chi connectivity index (χ1n) is 5.98. The first kappa shape index (κ1) is 14.9. The molecular weight excluding hydrogens is 252 g/mol. The topological polar surface area (TPSA) is 64.9 Å². The summed E-state index contributed by atoms with van der Waals surface area (Å²) in [6.07, 6.45) is 1.01. The monoisotopic (exact) mass is 267 g/mol. The molecule has 1 aromatic carbocycles. The van der Waals surface area contributed by atoms with Gasteiger partial charge in [-0.1, -0.05) is 6.92 Å². The molecule has 0 saturated heterocycles. The minimum absolute atomic E-state index is 0.0557. The van der Waals surface area contributed by atoms with E-state index in [2.05, 4.69) is 10.6 Å². The van der Waals surface area contributed by atoms with Crippen LogP contribution in [0.1, 0.15) is 25.3 Å². The van der Waals surface area contributed by atoms with E-state index in [1.165, 1.54) is 12.1 Å². The number of nitriles is 1. The Kier molecular flexibility index (Phi) is 5.73. The summed E-state index contributed by atoms with van der Waals surface area (Å²) >= 11 is 0. The predicted octanol–water partition coefficient (Wildman–Crippen LogP) is 2.16. The second-order valence-electron chi connectivity index (χ2n) is 3.93. The Morgan fingerprint density at radius 2 is 2.05 bits per heavy atom. The Bertz CT molecular complexity index is 497. The van der Waals surface area contributed by atoms with Gasteiger partial charge in [0.15, 0.2) is 11.6 Å². The standard InChI is InChI=1S/C13H15F2N3O/c1-2-6-18-11(19)5-7-17-10-4-3-9(8-16)12(14)13(10)15/h3-4,17H,2,5-7H2,1H3,(H,18,19). The Morgan fingerprint density at radius 3 is 2.68 bits per heavy atom. The zero-order valence-electron chi connectivity index (χ0n) is 10.6. The van der Waals surface area contributed by atoms with Gasteiger partial charge in [-0.25, -0.2) is 8.78 Å². The number of nitrogens with one attached hydrogen (secondary N) is 2. The van der Waals surface area contributed by atoms with Crippen LogP contribution in [0.4, 0.5) is 14.5 Å². The van der Waals surface area contributed by atoms with Gasteiger partial charge in [0.1, 0.15) is 6.07 Å². The van der Waals surface area contributed by atoms with E-state index in [0.29, 0.717) is 6.54 Å². The van der Waals surface area contributed by atoms with Crippen molar-refractivity contribution in [3.8, 4) is 6.07 Å². The highest BCUT2D eigenvalue weighted by molar-refractivity contribution is 5.76. The average Bonchev–Trinajstić information content (AvgIpc) is 2.41. The summed E-state index contributed by atoms with van der Waals surface area (Å²) in [7, 11) is 0. The van der Waals surface area contributed by atoms with Gasteiger partial charge in [-0.15, -0.1) is 0 Å². The smallest absolute Gasteiger partial charge is 0.221 e. The highest BCUT2D eigenvalue weighted by Gasteiger charge is 2.12. The van der Waals surface area contributed by atoms with Crippen LogP contribution in [-0.4, -0.2) is 19.0 Å². The van der Waals surface area contributed by atoms with E-state index in [9.17, 15) is 13.6 Å². The summed E-state index contributed by atoms with van der Waals surface area (Å²) in [4.78, 5) is 11.3. The number of hydrogen-bond acceptors (Lipinski definition) is 3. The third-order valence-electron chi connectivity index (χ3n) is 2.44. The van der Waals surface area contributed by atoms with E-state index < -0.39 is 11.6 Å². The molecule has 0 saturated carbocycles. The minimum atomic E-state index is -1.18. The molecule has 1 amide bonds. The number of nitrogens with zero attached hydrogens (tertiary/aromatic N) is 1. The number of anilines is 1. The minimum Gasteiger partial charge on any atom is -0.382 e. The predicted molar refractivity (Wildman–Crippen MR) is 67.5 cm³/mol. The molecule has 4 nitrogen and oxygen atoms in total. The average molecular weight is 267 g/mol. The molecule has 0 fully saturated rings. The van der Waals surface area contributed by atoms with Crippen LogP contribution in [-0.2, 0) is 4.79 Å². The number of hydrogen-bond donors (Lipinski definition) is 2. The normalized spacial score (nSPS) is 9.79. The molecule has 1 aromatic rings. The molecule has 0 aliphatic carbocycles. The summed E-state index contributed by atoms with van der Waals surface area (Å²) in [6.45, 7) is 2.73. The maximum absolute atomic E-state index is 13.5. The first-order valence-corrected chi connectivity index (χ1v) is 5.98.